The molecular weight excluding hydrogens is 202 g/mol. The van der Waals surface area contributed by atoms with Gasteiger partial charge in [0.25, 0.3) is 0 Å². The van der Waals surface area contributed by atoms with Crippen LogP contribution in [-0.4, -0.2) is 12.3 Å². The lowest BCUT2D eigenvalue weighted by Gasteiger charge is -2.30. The summed E-state index contributed by atoms with van der Waals surface area (Å²) < 4.78 is 0. The fraction of sp³-hybridized carbons (Fsp3) is 0.583. The van der Waals surface area contributed by atoms with E-state index in [1.807, 2.05) is 25.2 Å². The number of nitrogens with zero attached hydrogens (tertiary/aromatic N) is 3. The highest BCUT2D eigenvalue weighted by molar-refractivity contribution is 5.97. The van der Waals surface area contributed by atoms with Gasteiger partial charge in [-0.15, -0.1) is 0 Å². The van der Waals surface area contributed by atoms with Crippen LogP contribution in [0.15, 0.2) is 29.4 Å². The van der Waals surface area contributed by atoms with Crippen LogP contribution in [0.5, 0.6) is 0 Å². The van der Waals surface area contributed by atoms with Crippen LogP contribution in [0.25, 0.3) is 10.4 Å². The molecule has 0 aliphatic heterocycles. The molecule has 1 atom stereocenters. The largest absolute Gasteiger partial charge is 0.294 e. The van der Waals surface area contributed by atoms with Crippen molar-refractivity contribution < 1.29 is 4.79 Å². The van der Waals surface area contributed by atoms with Crippen molar-refractivity contribution in [2.45, 2.75) is 32.6 Å². The zero-order valence-corrected chi connectivity index (χ0v) is 9.59. The quantitative estimate of drug-likeness (QED) is 0.229. The van der Waals surface area contributed by atoms with Gasteiger partial charge in [-0.3, -0.25) is 4.79 Å². The minimum atomic E-state index is -0.353. The van der Waals surface area contributed by atoms with E-state index in [1.165, 1.54) is 0 Å². The molecule has 0 aromatic rings. The Morgan fingerprint density at radius 2 is 2.50 bits per heavy atom. The zero-order valence-electron chi connectivity index (χ0n) is 9.59. The second-order valence-electron chi connectivity index (χ2n) is 4.02. The third-order valence-corrected chi connectivity index (χ3v) is 2.95. The van der Waals surface area contributed by atoms with E-state index in [1.54, 1.807) is 6.08 Å². The first-order valence-electron chi connectivity index (χ1n) is 5.61. The smallest absolute Gasteiger partial charge is 0.165 e. The van der Waals surface area contributed by atoms with E-state index in [-0.39, 0.29) is 11.2 Å². The normalized spacial score (nSPS) is 24.7. The standard InChI is InChI=1S/C12H17N3O/c1-2-7-12(9-5-10-14-15-13)8-4-3-6-11(12)16/h2-3,6-7H,4-5,8-10H2,1H3/b7-2+/t12-/m1/s1. The molecule has 0 unspecified atom stereocenters. The van der Waals surface area contributed by atoms with Crippen molar-refractivity contribution in [1.82, 2.24) is 0 Å². The molecule has 0 aromatic heterocycles. The first-order valence-corrected chi connectivity index (χ1v) is 5.61. The SMILES string of the molecule is C/C=C/[C@]1(CCCN=[N+]=[N-])CCC=CC1=O. The molecule has 0 N–H and O–H groups in total. The molecule has 1 aliphatic carbocycles. The molecule has 1 aliphatic rings. The van der Waals surface area contributed by atoms with Gasteiger partial charge in [0.1, 0.15) is 0 Å². The molecule has 0 bridgehead atoms. The molecule has 0 saturated heterocycles. The number of ketones is 1. The molecule has 4 nitrogen and oxygen atoms in total. The van der Waals surface area contributed by atoms with Gasteiger partial charge in [0.2, 0.25) is 0 Å². The van der Waals surface area contributed by atoms with Gasteiger partial charge < -0.3 is 0 Å². The average molecular weight is 219 g/mol. The van der Waals surface area contributed by atoms with Crippen LogP contribution in [0, 0.1) is 5.41 Å². The Bertz CT molecular complexity index is 353. The third kappa shape index (κ3) is 2.97. The number of carbonyl (C=O) groups is 1. The van der Waals surface area contributed by atoms with E-state index in [2.05, 4.69) is 10.0 Å². The maximum absolute atomic E-state index is 11.9. The summed E-state index contributed by atoms with van der Waals surface area (Å²) in [5.74, 6) is 0.179. The molecular formula is C12H17N3O. The van der Waals surface area contributed by atoms with Crippen LogP contribution in [0.3, 0.4) is 0 Å². The second-order valence-corrected chi connectivity index (χ2v) is 4.02. The minimum Gasteiger partial charge on any atom is -0.294 e. The van der Waals surface area contributed by atoms with Crippen LogP contribution in [-0.2, 0) is 4.79 Å². The van der Waals surface area contributed by atoms with E-state index in [0.717, 1.165) is 25.7 Å². The highest BCUT2D eigenvalue weighted by Crippen LogP contribution is 2.36. The molecule has 0 radical (unpaired) electrons. The highest BCUT2D eigenvalue weighted by atomic mass is 16.1. The third-order valence-electron chi connectivity index (χ3n) is 2.95. The van der Waals surface area contributed by atoms with Gasteiger partial charge in [0.15, 0.2) is 5.78 Å². The number of rotatable bonds is 5. The van der Waals surface area contributed by atoms with Crippen LogP contribution in [0.1, 0.15) is 32.6 Å². The monoisotopic (exact) mass is 219 g/mol. The van der Waals surface area contributed by atoms with E-state index in [0.29, 0.717) is 6.54 Å². The van der Waals surface area contributed by atoms with Crippen molar-refractivity contribution >= 4 is 5.78 Å². The van der Waals surface area contributed by atoms with Crippen LogP contribution < -0.4 is 0 Å². The second kappa shape index (κ2) is 6.13. The Balaban J connectivity index is 2.69. The maximum Gasteiger partial charge on any atom is 0.165 e. The predicted molar refractivity (Wildman–Crippen MR) is 63.9 cm³/mol. The van der Waals surface area contributed by atoms with Gasteiger partial charge in [-0.2, -0.15) is 0 Å². The summed E-state index contributed by atoms with van der Waals surface area (Å²) in [5, 5.41) is 3.50. The lowest BCUT2D eigenvalue weighted by Crippen LogP contribution is -2.30. The average Bonchev–Trinajstić information content (AvgIpc) is 2.29. The number of hydrogen-bond acceptors (Lipinski definition) is 2. The number of allylic oxidation sites excluding steroid dienone is 4. The first kappa shape index (κ1) is 12.5. The number of azide groups is 1. The summed E-state index contributed by atoms with van der Waals surface area (Å²) in [4.78, 5) is 14.6. The van der Waals surface area contributed by atoms with Crippen molar-refractivity contribution in [1.29, 1.82) is 0 Å². The fourth-order valence-electron chi connectivity index (χ4n) is 2.15. The van der Waals surface area contributed by atoms with Gasteiger partial charge in [-0.25, -0.2) is 0 Å². The molecule has 0 heterocycles. The summed E-state index contributed by atoms with van der Waals surface area (Å²) in [5.41, 5.74) is 7.84. The topological polar surface area (TPSA) is 65.8 Å². The molecule has 16 heavy (non-hydrogen) atoms. The summed E-state index contributed by atoms with van der Waals surface area (Å²) >= 11 is 0. The number of hydrogen-bond donors (Lipinski definition) is 0. The Morgan fingerprint density at radius 1 is 1.69 bits per heavy atom. The van der Waals surface area contributed by atoms with Crippen molar-refractivity contribution in [3.05, 3.63) is 34.7 Å². The number of carbonyl (C=O) groups excluding carboxylic acids is 1. The van der Waals surface area contributed by atoms with Gasteiger partial charge in [0, 0.05) is 11.5 Å². The van der Waals surface area contributed by atoms with E-state index >= 15 is 0 Å². The molecule has 0 fully saturated rings. The Hall–Kier alpha value is -1.54. The van der Waals surface area contributed by atoms with Crippen LogP contribution in [0.2, 0.25) is 0 Å². The van der Waals surface area contributed by atoms with Crippen LogP contribution >= 0.6 is 0 Å². The summed E-state index contributed by atoms with van der Waals surface area (Å²) in [6, 6.07) is 0. The molecule has 0 spiro atoms. The Morgan fingerprint density at radius 3 is 3.12 bits per heavy atom. The van der Waals surface area contributed by atoms with Gasteiger partial charge in [-0.1, -0.05) is 23.3 Å². The Kier molecular flexibility index (Phi) is 4.80. The van der Waals surface area contributed by atoms with Crippen LogP contribution in [0.4, 0.5) is 0 Å². The van der Waals surface area contributed by atoms with Crippen molar-refractivity contribution in [3.63, 3.8) is 0 Å². The van der Waals surface area contributed by atoms with Crippen molar-refractivity contribution in [3.8, 4) is 0 Å². The molecule has 0 saturated carbocycles. The zero-order chi connectivity index (χ0) is 11.9. The molecule has 86 valence electrons. The van der Waals surface area contributed by atoms with E-state index in [9.17, 15) is 4.79 Å². The molecule has 4 heteroatoms. The predicted octanol–water partition coefficient (Wildman–Crippen LogP) is 3.56. The molecule has 0 amide bonds. The van der Waals surface area contributed by atoms with Gasteiger partial charge in [-0.05, 0) is 44.2 Å². The minimum absolute atomic E-state index is 0.179. The summed E-state index contributed by atoms with van der Waals surface area (Å²) in [6.07, 6.45) is 10.9. The lowest BCUT2D eigenvalue weighted by atomic mass is 9.72. The molecule has 1 rings (SSSR count). The maximum atomic E-state index is 11.9. The van der Waals surface area contributed by atoms with Gasteiger partial charge >= 0.3 is 0 Å². The van der Waals surface area contributed by atoms with Crippen molar-refractivity contribution in [2.75, 3.05) is 6.54 Å². The van der Waals surface area contributed by atoms with E-state index in [4.69, 9.17) is 5.53 Å². The lowest BCUT2D eigenvalue weighted by molar-refractivity contribution is -0.122. The highest BCUT2D eigenvalue weighted by Gasteiger charge is 2.34. The molecule has 0 aromatic carbocycles. The van der Waals surface area contributed by atoms with Gasteiger partial charge in [0.05, 0.1) is 5.41 Å². The Labute approximate surface area is 95.7 Å². The van der Waals surface area contributed by atoms with E-state index < -0.39 is 0 Å². The first-order chi connectivity index (χ1) is 7.75. The summed E-state index contributed by atoms with van der Waals surface area (Å²) in [6.45, 7) is 2.40. The van der Waals surface area contributed by atoms with Crippen molar-refractivity contribution in [2.24, 2.45) is 10.5 Å². The summed E-state index contributed by atoms with van der Waals surface area (Å²) in [7, 11) is 0. The fourth-order valence-corrected chi connectivity index (χ4v) is 2.15.